The van der Waals surface area contributed by atoms with Gasteiger partial charge in [-0.25, -0.2) is 4.79 Å². The number of carbonyl (C=O) groups is 1. The van der Waals surface area contributed by atoms with Crippen LogP contribution in [-0.2, 0) is 9.53 Å². The second kappa shape index (κ2) is 3.61. The van der Waals surface area contributed by atoms with Crippen LogP contribution in [0.25, 0.3) is 0 Å². The van der Waals surface area contributed by atoms with Crippen molar-refractivity contribution in [2.24, 2.45) is 28.6 Å². The highest BCUT2D eigenvalue weighted by Crippen LogP contribution is 2.87. The summed E-state index contributed by atoms with van der Waals surface area (Å²) in [7, 11) is 1.45. The smallest absolute Gasteiger partial charge is 0.333 e. The number of ether oxygens (including phenoxy) is 1. The standard InChI is InChI=1S/C16H24O2/c1-10(14(17)18-4)6-5-7-15(2)11-8-12-13(9-11)16(12,15)3/h6,11-13H,5,7-9H2,1-4H3/b10-6+/t11?,12-,13+,15-,16?/m1/s1. The molecular formula is C16H24O2. The van der Waals surface area contributed by atoms with Crippen molar-refractivity contribution < 1.29 is 9.53 Å². The van der Waals surface area contributed by atoms with Gasteiger partial charge in [0.25, 0.3) is 0 Å². The van der Waals surface area contributed by atoms with Crippen LogP contribution in [0.3, 0.4) is 0 Å². The molecule has 4 bridgehead atoms. The predicted molar refractivity (Wildman–Crippen MR) is 70.9 cm³/mol. The molecule has 4 aliphatic rings. The van der Waals surface area contributed by atoms with E-state index in [9.17, 15) is 4.79 Å². The van der Waals surface area contributed by atoms with Gasteiger partial charge in [-0.1, -0.05) is 19.9 Å². The Hall–Kier alpha value is -0.790. The fourth-order valence-electron chi connectivity index (χ4n) is 5.34. The van der Waals surface area contributed by atoms with Gasteiger partial charge in [0.05, 0.1) is 7.11 Å². The molecule has 4 aliphatic carbocycles. The Morgan fingerprint density at radius 1 is 1.33 bits per heavy atom. The largest absolute Gasteiger partial charge is 0.466 e. The normalized spacial score (nSPS) is 48.4. The molecule has 5 atom stereocenters. The van der Waals surface area contributed by atoms with E-state index < -0.39 is 0 Å². The van der Waals surface area contributed by atoms with E-state index >= 15 is 0 Å². The van der Waals surface area contributed by atoms with E-state index in [4.69, 9.17) is 4.74 Å². The first kappa shape index (κ1) is 12.3. The summed E-state index contributed by atoms with van der Waals surface area (Å²) >= 11 is 0. The van der Waals surface area contributed by atoms with E-state index in [0.29, 0.717) is 10.8 Å². The molecule has 2 unspecified atom stereocenters. The third kappa shape index (κ3) is 1.27. The first-order valence-electron chi connectivity index (χ1n) is 7.20. The van der Waals surface area contributed by atoms with E-state index in [1.54, 1.807) is 0 Å². The van der Waals surface area contributed by atoms with Gasteiger partial charge in [0.15, 0.2) is 0 Å². The fraction of sp³-hybridized carbons (Fsp3) is 0.812. The van der Waals surface area contributed by atoms with Gasteiger partial charge in [0.2, 0.25) is 0 Å². The van der Waals surface area contributed by atoms with Crippen LogP contribution in [0.5, 0.6) is 0 Å². The Morgan fingerprint density at radius 2 is 1.94 bits per heavy atom. The van der Waals surface area contributed by atoms with Crippen LogP contribution in [0.1, 0.15) is 46.5 Å². The Kier molecular flexibility index (Phi) is 2.46. The average molecular weight is 248 g/mol. The Bertz CT molecular complexity index is 411. The second-order valence-corrected chi connectivity index (χ2v) is 7.00. The van der Waals surface area contributed by atoms with E-state index in [0.717, 1.165) is 29.7 Å². The zero-order valence-corrected chi connectivity index (χ0v) is 12.0. The minimum Gasteiger partial charge on any atom is -0.466 e. The fourth-order valence-corrected chi connectivity index (χ4v) is 5.34. The van der Waals surface area contributed by atoms with Gasteiger partial charge in [-0.05, 0) is 61.2 Å². The summed E-state index contributed by atoms with van der Waals surface area (Å²) in [5.74, 6) is 2.81. The maximum absolute atomic E-state index is 11.3. The molecule has 0 heterocycles. The number of hydrogen-bond acceptors (Lipinski definition) is 2. The van der Waals surface area contributed by atoms with Gasteiger partial charge in [-0.3, -0.25) is 0 Å². The minimum absolute atomic E-state index is 0.189. The number of methoxy groups -OCH3 is 1. The van der Waals surface area contributed by atoms with Gasteiger partial charge >= 0.3 is 5.97 Å². The van der Waals surface area contributed by atoms with Gasteiger partial charge in [0, 0.05) is 5.57 Å². The number of hydrogen-bond donors (Lipinski definition) is 0. The van der Waals surface area contributed by atoms with E-state index in [-0.39, 0.29) is 5.97 Å². The Labute approximate surface area is 110 Å². The molecule has 100 valence electrons. The van der Waals surface area contributed by atoms with Crippen molar-refractivity contribution in [3.63, 3.8) is 0 Å². The van der Waals surface area contributed by atoms with Crippen molar-refractivity contribution in [2.75, 3.05) is 7.11 Å². The zero-order chi connectivity index (χ0) is 13.1. The Morgan fingerprint density at radius 3 is 2.39 bits per heavy atom. The van der Waals surface area contributed by atoms with Crippen molar-refractivity contribution in [1.29, 1.82) is 0 Å². The van der Waals surface area contributed by atoms with E-state index in [2.05, 4.69) is 19.9 Å². The SMILES string of the molecule is COC(=O)/C(C)=C/CC[C@]1(C)C2C[C@@H]3[C@H](C2)C31C. The van der Waals surface area contributed by atoms with Crippen LogP contribution < -0.4 is 0 Å². The highest BCUT2D eigenvalue weighted by molar-refractivity contribution is 5.87. The third-order valence-electron chi connectivity index (χ3n) is 6.75. The van der Waals surface area contributed by atoms with Crippen molar-refractivity contribution in [1.82, 2.24) is 0 Å². The second-order valence-electron chi connectivity index (χ2n) is 7.00. The molecule has 18 heavy (non-hydrogen) atoms. The lowest BCUT2D eigenvalue weighted by atomic mass is 9.71. The van der Waals surface area contributed by atoms with Crippen molar-refractivity contribution >= 4 is 5.97 Å². The topological polar surface area (TPSA) is 26.3 Å². The maximum atomic E-state index is 11.3. The molecule has 0 radical (unpaired) electrons. The molecule has 0 aliphatic heterocycles. The summed E-state index contributed by atoms with van der Waals surface area (Å²) in [6.45, 7) is 6.85. The Balaban J connectivity index is 1.64. The molecule has 0 N–H and O–H groups in total. The van der Waals surface area contributed by atoms with Crippen LogP contribution in [0, 0.1) is 28.6 Å². The molecule has 0 aromatic heterocycles. The number of carbonyl (C=O) groups excluding carboxylic acids is 1. The van der Waals surface area contributed by atoms with Crippen molar-refractivity contribution in [3.05, 3.63) is 11.6 Å². The van der Waals surface area contributed by atoms with Crippen LogP contribution in [0.2, 0.25) is 0 Å². The predicted octanol–water partition coefficient (Wildman–Crippen LogP) is 3.57. The number of allylic oxidation sites excluding steroid dienone is 1. The summed E-state index contributed by atoms with van der Waals surface area (Å²) in [6.07, 6.45) is 7.25. The molecule has 2 heteroatoms. The number of esters is 1. The van der Waals surface area contributed by atoms with E-state index in [1.807, 2.05) is 6.92 Å². The third-order valence-corrected chi connectivity index (χ3v) is 6.75. The van der Waals surface area contributed by atoms with Crippen molar-refractivity contribution in [2.45, 2.75) is 46.5 Å². The molecular weight excluding hydrogens is 224 g/mol. The number of rotatable bonds is 4. The molecule has 4 saturated carbocycles. The zero-order valence-electron chi connectivity index (χ0n) is 12.0. The van der Waals surface area contributed by atoms with Gasteiger partial charge in [0.1, 0.15) is 0 Å². The molecule has 0 spiro atoms. The molecule has 0 saturated heterocycles. The van der Waals surface area contributed by atoms with Gasteiger partial charge in [-0.15, -0.1) is 0 Å². The van der Waals surface area contributed by atoms with Gasteiger partial charge < -0.3 is 4.74 Å². The van der Waals surface area contributed by atoms with Gasteiger partial charge in [-0.2, -0.15) is 0 Å². The van der Waals surface area contributed by atoms with Crippen LogP contribution in [-0.4, -0.2) is 13.1 Å². The molecule has 0 aromatic rings. The first-order valence-corrected chi connectivity index (χ1v) is 7.20. The first-order chi connectivity index (χ1) is 8.45. The molecule has 0 amide bonds. The van der Waals surface area contributed by atoms with Crippen LogP contribution >= 0.6 is 0 Å². The highest BCUT2D eigenvalue weighted by atomic mass is 16.5. The van der Waals surface area contributed by atoms with Crippen molar-refractivity contribution in [3.8, 4) is 0 Å². The highest BCUT2D eigenvalue weighted by Gasteiger charge is 2.80. The lowest BCUT2D eigenvalue weighted by molar-refractivity contribution is -0.136. The molecule has 4 rings (SSSR count). The molecule has 4 fully saturated rings. The van der Waals surface area contributed by atoms with Crippen LogP contribution in [0.15, 0.2) is 11.6 Å². The summed E-state index contributed by atoms with van der Waals surface area (Å²) in [4.78, 5) is 11.3. The molecule has 0 aromatic carbocycles. The maximum Gasteiger partial charge on any atom is 0.333 e. The van der Waals surface area contributed by atoms with Crippen LogP contribution in [0.4, 0.5) is 0 Å². The lowest BCUT2D eigenvalue weighted by Gasteiger charge is -2.34. The lowest BCUT2D eigenvalue weighted by Crippen LogP contribution is -2.26. The quantitative estimate of drug-likeness (QED) is 0.561. The summed E-state index contributed by atoms with van der Waals surface area (Å²) < 4.78 is 4.73. The summed E-state index contributed by atoms with van der Waals surface area (Å²) in [6, 6.07) is 0. The monoisotopic (exact) mass is 248 g/mol. The van der Waals surface area contributed by atoms with E-state index in [1.165, 1.54) is 26.4 Å². The molecule has 2 nitrogen and oxygen atoms in total. The minimum atomic E-state index is -0.189. The summed E-state index contributed by atoms with van der Waals surface area (Å²) in [5, 5.41) is 0. The average Bonchev–Trinajstić information content (AvgIpc) is 2.72. The summed E-state index contributed by atoms with van der Waals surface area (Å²) in [5.41, 5.74) is 1.91.